The molecule has 34 heavy (non-hydrogen) atoms. The van der Waals surface area contributed by atoms with E-state index in [4.69, 9.17) is 11.5 Å². The highest BCUT2D eigenvalue weighted by Gasteiger charge is 2.17. The molecule has 0 aromatic heterocycles. The topological polar surface area (TPSA) is 52.0 Å². The van der Waals surface area contributed by atoms with Gasteiger partial charge >= 0.3 is 0 Å². The van der Waals surface area contributed by atoms with Gasteiger partial charge in [0.25, 0.3) is 0 Å². The van der Waals surface area contributed by atoms with Crippen LogP contribution in [0.25, 0.3) is 33.4 Å². The van der Waals surface area contributed by atoms with Gasteiger partial charge in [0.05, 0.1) is 0 Å². The summed E-state index contributed by atoms with van der Waals surface area (Å²) < 4.78 is 0. The third-order valence-corrected chi connectivity index (χ3v) is 6.59. The second-order valence-electron chi connectivity index (χ2n) is 9.13. The molecule has 0 unspecified atom stereocenters. The average Bonchev–Trinajstić information content (AvgIpc) is 2.86. The van der Waals surface area contributed by atoms with Crippen LogP contribution in [0.5, 0.6) is 0 Å². The summed E-state index contributed by atoms with van der Waals surface area (Å²) in [6, 6.07) is 30.1. The minimum Gasteiger partial charge on any atom is -0.399 e. The largest absolute Gasteiger partial charge is 0.399 e. The predicted octanol–water partition coefficient (Wildman–Crippen LogP) is 8.54. The fraction of sp³-hybridized carbons (Fsp3) is 0.250. The molecule has 4 aromatic rings. The Hall–Kier alpha value is -3.52. The maximum atomic E-state index is 6.33. The van der Waals surface area contributed by atoms with E-state index in [9.17, 15) is 0 Å². The van der Waals surface area contributed by atoms with E-state index in [1.54, 1.807) is 0 Å². The molecule has 0 saturated carbocycles. The van der Waals surface area contributed by atoms with Crippen molar-refractivity contribution in [2.75, 3.05) is 11.5 Å². The fourth-order valence-corrected chi connectivity index (χ4v) is 4.78. The Kier molecular flexibility index (Phi) is 7.69. The molecule has 0 fully saturated rings. The number of rotatable bonds is 9. The molecule has 0 saturated heterocycles. The molecule has 0 radical (unpaired) electrons. The van der Waals surface area contributed by atoms with Crippen molar-refractivity contribution >= 4 is 11.4 Å². The van der Waals surface area contributed by atoms with Crippen molar-refractivity contribution in [3.63, 3.8) is 0 Å². The quantitative estimate of drug-likeness (QED) is 0.252. The van der Waals surface area contributed by atoms with Gasteiger partial charge < -0.3 is 11.5 Å². The molecule has 0 spiro atoms. The van der Waals surface area contributed by atoms with Gasteiger partial charge in [-0.05, 0) is 94.5 Å². The van der Waals surface area contributed by atoms with Gasteiger partial charge in [-0.1, -0.05) is 87.4 Å². The Balaban J connectivity index is 1.93. The van der Waals surface area contributed by atoms with Gasteiger partial charge in [0, 0.05) is 11.4 Å². The van der Waals surface area contributed by atoms with Crippen LogP contribution in [0.2, 0.25) is 0 Å². The summed E-state index contributed by atoms with van der Waals surface area (Å²) >= 11 is 0. The summed E-state index contributed by atoms with van der Waals surface area (Å²) in [6.07, 6.45) is 6.83. The molecule has 0 aliphatic heterocycles. The number of nitrogen functional groups attached to an aromatic ring is 2. The lowest BCUT2D eigenvalue weighted by Gasteiger charge is -2.19. The lowest BCUT2D eigenvalue weighted by atomic mass is 9.85. The summed E-state index contributed by atoms with van der Waals surface area (Å²) in [5.74, 6) is 0. The number of aryl methyl sites for hydroxylation is 2. The van der Waals surface area contributed by atoms with Crippen molar-refractivity contribution in [1.82, 2.24) is 0 Å². The van der Waals surface area contributed by atoms with Crippen LogP contribution in [0.3, 0.4) is 0 Å². The normalized spacial score (nSPS) is 11.0. The van der Waals surface area contributed by atoms with Crippen LogP contribution < -0.4 is 11.5 Å². The first-order valence-corrected chi connectivity index (χ1v) is 12.6. The number of unbranched alkanes of at least 4 members (excludes halogenated alkanes) is 2. The Labute approximate surface area is 204 Å². The van der Waals surface area contributed by atoms with E-state index in [-0.39, 0.29) is 0 Å². The first-order valence-electron chi connectivity index (χ1n) is 12.6. The van der Waals surface area contributed by atoms with Gasteiger partial charge in [0.15, 0.2) is 0 Å². The first kappa shape index (κ1) is 23.6. The summed E-state index contributed by atoms with van der Waals surface area (Å²) in [7, 11) is 0. The number of benzene rings is 4. The average molecular weight is 449 g/mol. The van der Waals surface area contributed by atoms with Crippen LogP contribution in [0.15, 0.2) is 84.9 Å². The molecule has 2 nitrogen and oxygen atoms in total. The second-order valence-corrected chi connectivity index (χ2v) is 9.13. The molecule has 4 N–H and O–H groups in total. The van der Waals surface area contributed by atoms with Crippen LogP contribution in [0, 0.1) is 0 Å². The zero-order valence-corrected chi connectivity index (χ0v) is 20.5. The first-order chi connectivity index (χ1) is 16.6. The Morgan fingerprint density at radius 1 is 0.471 bits per heavy atom. The highest BCUT2D eigenvalue weighted by atomic mass is 14.5. The van der Waals surface area contributed by atoms with Crippen molar-refractivity contribution in [3.8, 4) is 33.4 Å². The molecule has 4 aromatic carbocycles. The molecule has 0 aliphatic rings. The smallest absolute Gasteiger partial charge is 0.0320 e. The van der Waals surface area contributed by atoms with Gasteiger partial charge in [0.2, 0.25) is 0 Å². The third-order valence-electron chi connectivity index (χ3n) is 6.59. The number of anilines is 2. The Morgan fingerprint density at radius 2 is 0.882 bits per heavy atom. The van der Waals surface area contributed by atoms with E-state index in [1.165, 1.54) is 70.2 Å². The van der Waals surface area contributed by atoms with Crippen LogP contribution in [0.1, 0.15) is 50.7 Å². The molecule has 0 heterocycles. The Bertz CT molecular complexity index is 1160. The number of nitrogens with two attached hydrogens (primary N) is 2. The van der Waals surface area contributed by atoms with Crippen molar-refractivity contribution < 1.29 is 0 Å². The van der Waals surface area contributed by atoms with E-state index >= 15 is 0 Å². The van der Waals surface area contributed by atoms with Crippen LogP contribution >= 0.6 is 0 Å². The molecule has 0 atom stereocenters. The summed E-state index contributed by atoms with van der Waals surface area (Å²) in [5, 5.41) is 0. The maximum absolute atomic E-state index is 6.33. The minimum atomic E-state index is 0.782. The molecular formula is C32H36N2. The van der Waals surface area contributed by atoms with Gasteiger partial charge in [-0.3, -0.25) is 0 Å². The van der Waals surface area contributed by atoms with E-state index in [0.29, 0.717) is 0 Å². The van der Waals surface area contributed by atoms with E-state index < -0.39 is 0 Å². The molecule has 0 bridgehead atoms. The summed E-state index contributed by atoms with van der Waals surface area (Å²) in [5.41, 5.74) is 24.2. The predicted molar refractivity (Wildman–Crippen MR) is 149 cm³/mol. The molecular weight excluding hydrogens is 412 g/mol. The van der Waals surface area contributed by atoms with E-state index in [1.807, 2.05) is 12.1 Å². The van der Waals surface area contributed by atoms with Gasteiger partial charge in [-0.2, -0.15) is 0 Å². The monoisotopic (exact) mass is 448 g/mol. The van der Waals surface area contributed by atoms with Crippen LogP contribution in [-0.2, 0) is 12.8 Å². The summed E-state index contributed by atoms with van der Waals surface area (Å²) in [6.45, 7) is 4.48. The van der Waals surface area contributed by atoms with Crippen molar-refractivity contribution in [3.05, 3.63) is 96.1 Å². The minimum absolute atomic E-state index is 0.782. The van der Waals surface area contributed by atoms with Gasteiger partial charge in [0.1, 0.15) is 0 Å². The standard InChI is InChI=1S/C32H36N2/c1-3-5-11-23-13-7-9-15-27(23)31-21-25(33)17-19-29(31)30-20-18-26(34)22-32(30)28-16-10-8-14-24(28)12-6-4-2/h7-10,13-22H,3-6,11-12,33-34H2,1-2H3. The van der Waals surface area contributed by atoms with Gasteiger partial charge in [-0.15, -0.1) is 0 Å². The second kappa shape index (κ2) is 11.1. The third kappa shape index (κ3) is 5.17. The van der Waals surface area contributed by atoms with E-state index in [0.717, 1.165) is 24.2 Å². The fourth-order valence-electron chi connectivity index (χ4n) is 4.78. The number of hydrogen-bond acceptors (Lipinski definition) is 2. The lowest BCUT2D eigenvalue weighted by Crippen LogP contribution is -1.98. The number of hydrogen-bond donors (Lipinski definition) is 2. The molecule has 0 aliphatic carbocycles. The summed E-state index contributed by atoms with van der Waals surface area (Å²) in [4.78, 5) is 0. The SMILES string of the molecule is CCCCc1ccccc1-c1cc(N)ccc1-c1ccc(N)cc1-c1ccccc1CCCC. The molecule has 2 heteroatoms. The lowest BCUT2D eigenvalue weighted by molar-refractivity contribution is 0.796. The van der Waals surface area contributed by atoms with E-state index in [2.05, 4.69) is 86.6 Å². The van der Waals surface area contributed by atoms with Crippen LogP contribution in [-0.4, -0.2) is 0 Å². The molecule has 4 rings (SSSR count). The highest BCUT2D eigenvalue weighted by Crippen LogP contribution is 2.42. The zero-order valence-electron chi connectivity index (χ0n) is 20.5. The highest BCUT2D eigenvalue weighted by molar-refractivity contribution is 5.94. The van der Waals surface area contributed by atoms with Gasteiger partial charge in [-0.25, -0.2) is 0 Å². The van der Waals surface area contributed by atoms with Crippen LogP contribution in [0.4, 0.5) is 11.4 Å². The van der Waals surface area contributed by atoms with Crippen molar-refractivity contribution in [2.24, 2.45) is 0 Å². The Morgan fingerprint density at radius 3 is 1.29 bits per heavy atom. The molecule has 174 valence electrons. The maximum Gasteiger partial charge on any atom is 0.0320 e. The van der Waals surface area contributed by atoms with Crippen molar-refractivity contribution in [2.45, 2.75) is 52.4 Å². The van der Waals surface area contributed by atoms with Crippen molar-refractivity contribution in [1.29, 1.82) is 0 Å². The molecule has 0 amide bonds. The zero-order chi connectivity index (χ0) is 23.9.